The number of esters is 1. The van der Waals surface area contributed by atoms with Crippen molar-refractivity contribution in [2.45, 2.75) is 13.0 Å². The van der Waals surface area contributed by atoms with Gasteiger partial charge in [0.2, 0.25) is 0 Å². The molecule has 2 aromatic rings. The van der Waals surface area contributed by atoms with Crippen molar-refractivity contribution in [2.24, 2.45) is 5.10 Å². The van der Waals surface area contributed by atoms with Gasteiger partial charge in [-0.2, -0.15) is 5.10 Å². The molecule has 1 atom stereocenters. The second-order valence-electron chi connectivity index (χ2n) is 7.23. The molecule has 0 spiro atoms. The van der Waals surface area contributed by atoms with E-state index >= 15 is 0 Å². The van der Waals surface area contributed by atoms with E-state index in [-0.39, 0.29) is 17.9 Å². The van der Waals surface area contributed by atoms with Gasteiger partial charge in [0.1, 0.15) is 0 Å². The standard InChI is InChI=1S/C23H22Cl2N4O6/c1-12-20(22(31)34-3)21(28-23(32)27-12)14-5-7-17(18(9-14)33-2)35-11-19(30)29-26-10-13-4-6-15(24)16(25)8-13/h4-10,21H,11H2,1-3H3,(H,29,30)(H2,27,28,32)/b26-10-/t21-/m0/s1. The molecule has 0 saturated carbocycles. The topological polar surface area (TPSA) is 127 Å². The molecule has 0 unspecified atom stereocenters. The van der Waals surface area contributed by atoms with Crippen LogP contribution in [0.5, 0.6) is 11.5 Å². The number of halogens is 2. The predicted molar refractivity (Wildman–Crippen MR) is 130 cm³/mol. The van der Waals surface area contributed by atoms with Crippen LogP contribution >= 0.6 is 23.2 Å². The summed E-state index contributed by atoms with van der Waals surface area (Å²) in [6.45, 7) is 1.26. The first-order valence-corrected chi connectivity index (χ1v) is 10.9. The van der Waals surface area contributed by atoms with Crippen LogP contribution in [-0.4, -0.2) is 44.9 Å². The molecule has 12 heteroatoms. The van der Waals surface area contributed by atoms with E-state index in [1.807, 2.05) is 0 Å². The minimum Gasteiger partial charge on any atom is -0.493 e. The zero-order valence-corrected chi connectivity index (χ0v) is 20.5. The Morgan fingerprint density at radius 1 is 1.11 bits per heavy atom. The largest absolute Gasteiger partial charge is 0.493 e. The number of hydrogen-bond acceptors (Lipinski definition) is 7. The van der Waals surface area contributed by atoms with Gasteiger partial charge >= 0.3 is 12.0 Å². The fourth-order valence-electron chi connectivity index (χ4n) is 3.25. The molecule has 0 bridgehead atoms. The number of hydrazone groups is 1. The lowest BCUT2D eigenvalue weighted by molar-refractivity contribution is -0.136. The Morgan fingerprint density at radius 2 is 1.89 bits per heavy atom. The van der Waals surface area contributed by atoms with E-state index in [0.717, 1.165) is 0 Å². The van der Waals surface area contributed by atoms with Crippen molar-refractivity contribution in [1.82, 2.24) is 16.1 Å². The smallest absolute Gasteiger partial charge is 0.337 e. The molecule has 1 aliphatic heterocycles. The molecule has 2 aromatic carbocycles. The van der Waals surface area contributed by atoms with Crippen LogP contribution < -0.4 is 25.5 Å². The molecular weight excluding hydrogens is 499 g/mol. The summed E-state index contributed by atoms with van der Waals surface area (Å²) < 4.78 is 15.8. The molecule has 0 fully saturated rings. The van der Waals surface area contributed by atoms with Crippen molar-refractivity contribution in [2.75, 3.05) is 20.8 Å². The van der Waals surface area contributed by atoms with Gasteiger partial charge in [0.15, 0.2) is 18.1 Å². The van der Waals surface area contributed by atoms with Gasteiger partial charge in [-0.15, -0.1) is 0 Å². The molecule has 1 heterocycles. The number of ether oxygens (including phenoxy) is 3. The van der Waals surface area contributed by atoms with Crippen LogP contribution in [0.15, 0.2) is 52.8 Å². The van der Waals surface area contributed by atoms with Crippen molar-refractivity contribution in [3.8, 4) is 11.5 Å². The second-order valence-corrected chi connectivity index (χ2v) is 8.04. The van der Waals surface area contributed by atoms with Crippen molar-refractivity contribution in [3.05, 3.63) is 68.8 Å². The zero-order chi connectivity index (χ0) is 25.5. The van der Waals surface area contributed by atoms with Crippen LogP contribution in [0, 0.1) is 0 Å². The summed E-state index contributed by atoms with van der Waals surface area (Å²) in [7, 11) is 2.68. The normalized spacial score (nSPS) is 15.3. The van der Waals surface area contributed by atoms with Crippen molar-refractivity contribution >= 4 is 47.3 Å². The van der Waals surface area contributed by atoms with Crippen LogP contribution in [-0.2, 0) is 14.3 Å². The summed E-state index contributed by atoms with van der Waals surface area (Å²) in [5.74, 6) is -0.522. The van der Waals surface area contributed by atoms with Gasteiger partial charge in [-0.3, -0.25) is 4.79 Å². The number of allylic oxidation sites excluding steroid dienone is 1. The van der Waals surface area contributed by atoms with E-state index in [4.69, 9.17) is 37.4 Å². The van der Waals surface area contributed by atoms with Crippen molar-refractivity contribution in [3.63, 3.8) is 0 Å². The molecular formula is C23H22Cl2N4O6. The quantitative estimate of drug-likeness (QED) is 0.278. The summed E-state index contributed by atoms with van der Waals surface area (Å²) in [5, 5.41) is 9.89. The van der Waals surface area contributed by atoms with Gasteiger partial charge in [-0.1, -0.05) is 35.3 Å². The zero-order valence-electron chi connectivity index (χ0n) is 19.0. The van der Waals surface area contributed by atoms with E-state index in [9.17, 15) is 14.4 Å². The van der Waals surface area contributed by atoms with Gasteiger partial charge in [-0.05, 0) is 42.3 Å². The number of benzene rings is 2. The second kappa shape index (κ2) is 11.6. The van der Waals surface area contributed by atoms with Crippen LogP contribution in [0.1, 0.15) is 24.1 Å². The average Bonchev–Trinajstić information content (AvgIpc) is 2.84. The SMILES string of the molecule is COC(=O)C1=C(C)NC(=O)N[C@H]1c1ccc(OCC(=O)N/N=C\c2ccc(Cl)c(Cl)c2)c(OC)c1. The third kappa shape index (κ3) is 6.43. The first kappa shape index (κ1) is 25.9. The highest BCUT2D eigenvalue weighted by Crippen LogP contribution is 2.34. The summed E-state index contributed by atoms with van der Waals surface area (Å²) in [6, 6.07) is 8.50. The number of urea groups is 1. The Hall–Kier alpha value is -3.76. The van der Waals surface area contributed by atoms with Crippen LogP contribution in [0.4, 0.5) is 4.79 Å². The Labute approximate surface area is 211 Å². The summed E-state index contributed by atoms with van der Waals surface area (Å²) in [4.78, 5) is 36.4. The Bertz CT molecular complexity index is 1210. The molecule has 184 valence electrons. The van der Waals surface area contributed by atoms with Crippen molar-refractivity contribution in [1.29, 1.82) is 0 Å². The highest BCUT2D eigenvalue weighted by Gasteiger charge is 2.32. The maximum Gasteiger partial charge on any atom is 0.337 e. The van der Waals surface area contributed by atoms with Gasteiger partial charge in [-0.25, -0.2) is 15.0 Å². The van der Waals surface area contributed by atoms with E-state index in [1.54, 1.807) is 43.3 Å². The first-order chi connectivity index (χ1) is 16.7. The van der Waals surface area contributed by atoms with E-state index in [2.05, 4.69) is 21.2 Å². The Morgan fingerprint density at radius 3 is 2.57 bits per heavy atom. The molecule has 0 aromatic heterocycles. The number of nitrogens with one attached hydrogen (secondary N) is 3. The van der Waals surface area contributed by atoms with Gasteiger partial charge in [0.05, 0.1) is 42.1 Å². The minimum absolute atomic E-state index is 0.252. The molecule has 35 heavy (non-hydrogen) atoms. The van der Waals surface area contributed by atoms with Crippen LogP contribution in [0.3, 0.4) is 0 Å². The number of hydrogen-bond donors (Lipinski definition) is 3. The third-order valence-corrected chi connectivity index (χ3v) is 5.64. The summed E-state index contributed by atoms with van der Waals surface area (Å²) >= 11 is 11.8. The lowest BCUT2D eigenvalue weighted by Gasteiger charge is -2.28. The monoisotopic (exact) mass is 520 g/mol. The molecule has 3 rings (SSSR count). The highest BCUT2D eigenvalue weighted by atomic mass is 35.5. The van der Waals surface area contributed by atoms with Gasteiger partial charge in [0, 0.05) is 5.70 Å². The fraction of sp³-hybridized carbons (Fsp3) is 0.217. The highest BCUT2D eigenvalue weighted by molar-refractivity contribution is 6.42. The minimum atomic E-state index is -0.766. The van der Waals surface area contributed by atoms with Gasteiger partial charge in [0.25, 0.3) is 5.91 Å². The Kier molecular flexibility index (Phi) is 8.56. The number of amides is 3. The number of rotatable bonds is 8. The van der Waals surface area contributed by atoms with E-state index < -0.39 is 23.9 Å². The lowest BCUT2D eigenvalue weighted by atomic mass is 9.95. The molecule has 0 aliphatic carbocycles. The summed E-state index contributed by atoms with van der Waals surface area (Å²) in [5.41, 5.74) is 4.18. The molecule has 3 amide bonds. The van der Waals surface area contributed by atoms with Crippen LogP contribution in [0.2, 0.25) is 10.0 Å². The Balaban J connectivity index is 1.68. The lowest BCUT2D eigenvalue weighted by Crippen LogP contribution is -2.45. The number of nitrogens with zero attached hydrogens (tertiary/aromatic N) is 1. The van der Waals surface area contributed by atoms with E-state index in [0.29, 0.717) is 32.6 Å². The molecule has 3 N–H and O–H groups in total. The fourth-order valence-corrected chi connectivity index (χ4v) is 3.56. The van der Waals surface area contributed by atoms with Crippen LogP contribution in [0.25, 0.3) is 0 Å². The van der Waals surface area contributed by atoms with E-state index in [1.165, 1.54) is 20.4 Å². The molecule has 1 aliphatic rings. The average molecular weight is 521 g/mol. The predicted octanol–water partition coefficient (Wildman–Crippen LogP) is 3.33. The number of methoxy groups -OCH3 is 2. The maximum absolute atomic E-state index is 12.3. The third-order valence-electron chi connectivity index (χ3n) is 4.90. The van der Waals surface area contributed by atoms with Gasteiger partial charge < -0.3 is 24.8 Å². The molecule has 0 radical (unpaired) electrons. The maximum atomic E-state index is 12.3. The number of carbonyl (C=O) groups excluding carboxylic acids is 3. The number of carbonyl (C=O) groups is 3. The summed E-state index contributed by atoms with van der Waals surface area (Å²) in [6.07, 6.45) is 1.41. The molecule has 0 saturated heterocycles. The first-order valence-electron chi connectivity index (χ1n) is 10.2. The molecule has 10 nitrogen and oxygen atoms in total. The van der Waals surface area contributed by atoms with Crippen molar-refractivity contribution < 1.29 is 28.6 Å².